The summed E-state index contributed by atoms with van der Waals surface area (Å²) in [5.74, 6) is 0. The number of hydrogen-bond acceptors (Lipinski definition) is 4. The van der Waals surface area contributed by atoms with Gasteiger partial charge >= 0.3 is 6.09 Å². The molecule has 0 bridgehead atoms. The summed E-state index contributed by atoms with van der Waals surface area (Å²) in [6.07, 6.45) is -0.365. The molecule has 3 aromatic rings. The SMILES string of the molecule is O=C(O)Nc1ccccc1-c1nc(CCOCc2ccccc2)cs1. The quantitative estimate of drug-likeness (QED) is 0.605. The minimum Gasteiger partial charge on any atom is -0.465 e. The molecule has 128 valence electrons. The third kappa shape index (κ3) is 4.89. The summed E-state index contributed by atoms with van der Waals surface area (Å²) in [6.45, 7) is 1.18. The number of amides is 1. The molecule has 3 rings (SSSR count). The maximum absolute atomic E-state index is 10.9. The topological polar surface area (TPSA) is 71.5 Å². The number of anilines is 1. The number of rotatable bonds is 7. The van der Waals surface area contributed by atoms with Crippen molar-refractivity contribution in [3.63, 3.8) is 0 Å². The fourth-order valence-corrected chi connectivity index (χ4v) is 3.27. The van der Waals surface area contributed by atoms with Gasteiger partial charge in [0.05, 0.1) is 24.6 Å². The van der Waals surface area contributed by atoms with Crippen molar-refractivity contribution in [2.45, 2.75) is 13.0 Å². The number of nitrogens with zero attached hydrogens (tertiary/aromatic N) is 1. The lowest BCUT2D eigenvalue weighted by molar-refractivity contribution is 0.123. The first-order chi connectivity index (χ1) is 12.2. The van der Waals surface area contributed by atoms with Gasteiger partial charge in [-0.15, -0.1) is 11.3 Å². The van der Waals surface area contributed by atoms with Crippen LogP contribution in [-0.4, -0.2) is 22.8 Å². The van der Waals surface area contributed by atoms with Crippen LogP contribution in [0.4, 0.5) is 10.5 Å². The molecule has 0 aliphatic rings. The molecule has 0 saturated heterocycles. The number of nitrogens with one attached hydrogen (secondary N) is 1. The zero-order chi connectivity index (χ0) is 17.5. The van der Waals surface area contributed by atoms with E-state index in [2.05, 4.69) is 10.3 Å². The van der Waals surface area contributed by atoms with Crippen LogP contribution in [-0.2, 0) is 17.8 Å². The highest BCUT2D eigenvalue weighted by molar-refractivity contribution is 7.13. The average molecular weight is 354 g/mol. The van der Waals surface area contributed by atoms with Gasteiger partial charge in [-0.1, -0.05) is 42.5 Å². The largest absolute Gasteiger partial charge is 0.465 e. The second-order valence-corrected chi connectivity index (χ2v) is 6.27. The van der Waals surface area contributed by atoms with Crippen LogP contribution in [0.25, 0.3) is 10.6 Å². The van der Waals surface area contributed by atoms with Crippen molar-refractivity contribution in [2.24, 2.45) is 0 Å². The maximum Gasteiger partial charge on any atom is 0.409 e. The van der Waals surface area contributed by atoms with Crippen LogP contribution in [0.1, 0.15) is 11.3 Å². The average Bonchev–Trinajstić information content (AvgIpc) is 3.08. The minimum atomic E-state index is -1.08. The predicted octanol–water partition coefficient (Wildman–Crippen LogP) is 4.66. The van der Waals surface area contributed by atoms with Crippen molar-refractivity contribution in [2.75, 3.05) is 11.9 Å². The van der Waals surface area contributed by atoms with E-state index in [0.29, 0.717) is 18.9 Å². The Balaban J connectivity index is 1.58. The number of benzene rings is 2. The Morgan fingerprint density at radius 3 is 2.68 bits per heavy atom. The molecule has 1 heterocycles. The van der Waals surface area contributed by atoms with E-state index >= 15 is 0 Å². The Morgan fingerprint density at radius 2 is 1.88 bits per heavy atom. The van der Waals surface area contributed by atoms with Crippen molar-refractivity contribution in [1.82, 2.24) is 4.98 Å². The number of thiazole rings is 1. The van der Waals surface area contributed by atoms with Crippen molar-refractivity contribution in [1.29, 1.82) is 0 Å². The number of ether oxygens (including phenoxy) is 1. The van der Waals surface area contributed by atoms with Crippen LogP contribution in [0.5, 0.6) is 0 Å². The second kappa shape index (κ2) is 8.41. The zero-order valence-electron chi connectivity index (χ0n) is 13.5. The van der Waals surface area contributed by atoms with Gasteiger partial charge in [0.15, 0.2) is 0 Å². The normalized spacial score (nSPS) is 10.6. The van der Waals surface area contributed by atoms with Gasteiger partial charge in [0.2, 0.25) is 0 Å². The molecule has 0 spiro atoms. The molecule has 5 nitrogen and oxygen atoms in total. The third-order valence-corrected chi connectivity index (χ3v) is 4.49. The van der Waals surface area contributed by atoms with Gasteiger partial charge in [-0.2, -0.15) is 0 Å². The van der Waals surface area contributed by atoms with E-state index in [9.17, 15) is 4.79 Å². The van der Waals surface area contributed by atoms with Crippen molar-refractivity contribution in [3.8, 4) is 10.6 Å². The minimum absolute atomic E-state index is 0.538. The lowest BCUT2D eigenvalue weighted by atomic mass is 10.2. The first kappa shape index (κ1) is 17.1. The summed E-state index contributed by atoms with van der Waals surface area (Å²) in [5.41, 5.74) is 3.41. The molecule has 0 fully saturated rings. The summed E-state index contributed by atoms with van der Waals surface area (Å²) in [4.78, 5) is 15.5. The van der Waals surface area contributed by atoms with Gasteiger partial charge in [0, 0.05) is 17.4 Å². The van der Waals surface area contributed by atoms with Gasteiger partial charge in [0.1, 0.15) is 5.01 Å². The zero-order valence-corrected chi connectivity index (χ0v) is 14.3. The van der Waals surface area contributed by atoms with Crippen LogP contribution >= 0.6 is 11.3 Å². The van der Waals surface area contributed by atoms with E-state index in [0.717, 1.165) is 28.2 Å². The van der Waals surface area contributed by atoms with Crippen LogP contribution in [0, 0.1) is 0 Å². The highest BCUT2D eigenvalue weighted by Gasteiger charge is 2.11. The van der Waals surface area contributed by atoms with Crippen molar-refractivity contribution in [3.05, 3.63) is 71.2 Å². The third-order valence-electron chi connectivity index (χ3n) is 3.56. The molecule has 1 amide bonds. The highest BCUT2D eigenvalue weighted by atomic mass is 32.1. The van der Waals surface area contributed by atoms with Gasteiger partial charge in [-0.3, -0.25) is 5.32 Å². The Morgan fingerprint density at radius 1 is 1.12 bits per heavy atom. The molecular weight excluding hydrogens is 336 g/mol. The predicted molar refractivity (Wildman–Crippen MR) is 99.0 cm³/mol. The lowest BCUT2D eigenvalue weighted by Crippen LogP contribution is -2.08. The molecule has 0 atom stereocenters. The van der Waals surface area contributed by atoms with E-state index in [1.54, 1.807) is 12.1 Å². The second-order valence-electron chi connectivity index (χ2n) is 5.41. The van der Waals surface area contributed by atoms with E-state index in [1.165, 1.54) is 11.3 Å². The van der Waals surface area contributed by atoms with Crippen LogP contribution in [0.3, 0.4) is 0 Å². The van der Waals surface area contributed by atoms with Gasteiger partial charge in [-0.05, 0) is 17.7 Å². The molecule has 0 unspecified atom stereocenters. The first-order valence-corrected chi connectivity index (χ1v) is 8.76. The van der Waals surface area contributed by atoms with Gasteiger partial charge < -0.3 is 9.84 Å². The van der Waals surface area contributed by atoms with Gasteiger partial charge in [0.25, 0.3) is 0 Å². The van der Waals surface area contributed by atoms with E-state index < -0.39 is 6.09 Å². The molecule has 0 aliphatic carbocycles. The number of aromatic nitrogens is 1. The number of hydrogen-bond donors (Lipinski definition) is 2. The number of carboxylic acid groups (broad SMARTS) is 1. The van der Waals surface area contributed by atoms with E-state index in [-0.39, 0.29) is 0 Å². The van der Waals surface area contributed by atoms with Crippen LogP contribution in [0.2, 0.25) is 0 Å². The molecule has 2 N–H and O–H groups in total. The molecule has 0 saturated carbocycles. The fraction of sp³-hybridized carbons (Fsp3) is 0.158. The summed E-state index contributed by atoms with van der Waals surface area (Å²) in [7, 11) is 0. The molecule has 25 heavy (non-hydrogen) atoms. The fourth-order valence-electron chi connectivity index (χ4n) is 2.38. The molecule has 6 heteroatoms. The van der Waals surface area contributed by atoms with Crippen LogP contribution in [0.15, 0.2) is 60.0 Å². The van der Waals surface area contributed by atoms with Crippen molar-refractivity contribution >= 4 is 23.1 Å². The summed E-state index contributed by atoms with van der Waals surface area (Å²) in [6, 6.07) is 17.3. The summed E-state index contributed by atoms with van der Waals surface area (Å²) < 4.78 is 5.69. The monoisotopic (exact) mass is 354 g/mol. The summed E-state index contributed by atoms with van der Waals surface area (Å²) in [5, 5.41) is 14.1. The molecule has 2 aromatic carbocycles. The summed E-state index contributed by atoms with van der Waals surface area (Å²) >= 11 is 1.50. The number of carbonyl (C=O) groups is 1. The van der Waals surface area contributed by atoms with Crippen molar-refractivity contribution < 1.29 is 14.6 Å². The van der Waals surface area contributed by atoms with E-state index in [1.807, 2.05) is 47.8 Å². The van der Waals surface area contributed by atoms with Gasteiger partial charge in [-0.25, -0.2) is 9.78 Å². The Hall–Kier alpha value is -2.70. The Kier molecular flexibility index (Phi) is 5.77. The Labute approximate surface area is 149 Å². The van der Waals surface area contributed by atoms with Crippen LogP contribution < -0.4 is 5.32 Å². The molecular formula is C19H18N2O3S. The standard InChI is InChI=1S/C19H18N2O3S/c22-19(23)21-17-9-5-4-8-16(17)18-20-15(13-25-18)10-11-24-12-14-6-2-1-3-7-14/h1-9,13,21H,10-12H2,(H,22,23). The van der Waals surface area contributed by atoms with E-state index in [4.69, 9.17) is 9.84 Å². The first-order valence-electron chi connectivity index (χ1n) is 7.88. The number of para-hydroxylation sites is 1. The lowest BCUT2D eigenvalue weighted by Gasteiger charge is -2.06. The molecule has 1 aromatic heterocycles. The highest BCUT2D eigenvalue weighted by Crippen LogP contribution is 2.30. The Bertz CT molecular complexity index is 833. The smallest absolute Gasteiger partial charge is 0.409 e. The molecule has 0 aliphatic heterocycles. The maximum atomic E-state index is 10.9. The molecule has 0 radical (unpaired) electrons.